The Morgan fingerprint density at radius 1 is 1.16 bits per heavy atom. The molecule has 2 heterocycles. The van der Waals surface area contributed by atoms with Gasteiger partial charge in [0.15, 0.2) is 11.5 Å². The highest BCUT2D eigenvalue weighted by Gasteiger charge is 2.14. The van der Waals surface area contributed by atoms with Crippen molar-refractivity contribution in [3.05, 3.63) is 93.7 Å². The maximum absolute atomic E-state index is 12.4. The Bertz CT molecular complexity index is 1550. The van der Waals surface area contributed by atoms with Gasteiger partial charge < -0.3 is 18.6 Å². The maximum Gasteiger partial charge on any atom is 0.373 e. The number of hydrogen-bond acceptors (Lipinski definition) is 10. The van der Waals surface area contributed by atoms with E-state index >= 15 is 0 Å². The lowest BCUT2D eigenvalue weighted by Gasteiger charge is -2.12. The van der Waals surface area contributed by atoms with Crippen molar-refractivity contribution in [2.45, 2.75) is 13.5 Å². The van der Waals surface area contributed by atoms with Gasteiger partial charge in [-0.15, -0.1) is 0 Å². The number of esters is 1. The van der Waals surface area contributed by atoms with Gasteiger partial charge >= 0.3 is 5.97 Å². The summed E-state index contributed by atoms with van der Waals surface area (Å²) in [5.41, 5.74) is 3.60. The summed E-state index contributed by atoms with van der Waals surface area (Å²) in [7, 11) is 1.28. The molecule has 0 fully saturated rings. The van der Waals surface area contributed by atoms with Crippen molar-refractivity contribution in [2.75, 3.05) is 19.1 Å². The van der Waals surface area contributed by atoms with Crippen LogP contribution in [0.5, 0.6) is 11.5 Å². The second-order valence-corrected chi connectivity index (χ2v) is 7.67. The zero-order chi connectivity index (χ0) is 26.9. The van der Waals surface area contributed by atoms with E-state index in [1.165, 1.54) is 19.4 Å². The first kappa shape index (κ1) is 25.7. The van der Waals surface area contributed by atoms with Gasteiger partial charge in [0.2, 0.25) is 11.7 Å². The molecule has 0 aliphatic carbocycles. The molecule has 192 valence electrons. The first-order chi connectivity index (χ1) is 18.5. The predicted molar refractivity (Wildman–Crippen MR) is 138 cm³/mol. The minimum Gasteiger partial charge on any atom is -0.490 e. The second-order valence-electron chi connectivity index (χ2n) is 7.67. The summed E-state index contributed by atoms with van der Waals surface area (Å²) in [5, 5.41) is 13.5. The number of H-pyrrole nitrogens is 1. The Balaban J connectivity index is 1.48. The number of nitrogens with one attached hydrogen (secondary N) is 2. The van der Waals surface area contributed by atoms with Crippen molar-refractivity contribution >= 4 is 18.1 Å². The largest absolute Gasteiger partial charge is 0.490 e. The number of nitriles is 1. The minimum atomic E-state index is -0.575. The number of benzene rings is 2. The van der Waals surface area contributed by atoms with E-state index in [9.17, 15) is 14.9 Å². The Hall–Kier alpha value is -5.37. The van der Waals surface area contributed by atoms with Crippen molar-refractivity contribution in [3.8, 4) is 28.8 Å². The molecular formula is C27H23N5O6. The number of aromatic amines is 1. The first-order valence-electron chi connectivity index (χ1n) is 11.5. The lowest BCUT2D eigenvalue weighted by atomic mass is 10.1. The summed E-state index contributed by atoms with van der Waals surface area (Å²) in [4.78, 5) is 30.8. The van der Waals surface area contributed by atoms with E-state index in [1.54, 1.807) is 48.5 Å². The quantitative estimate of drug-likeness (QED) is 0.181. The molecule has 0 amide bonds. The number of aromatic nitrogens is 2. The molecule has 11 heteroatoms. The van der Waals surface area contributed by atoms with Gasteiger partial charge in [-0.05, 0) is 42.8 Å². The van der Waals surface area contributed by atoms with E-state index in [2.05, 4.69) is 25.2 Å². The third-order valence-corrected chi connectivity index (χ3v) is 5.15. The van der Waals surface area contributed by atoms with Crippen LogP contribution in [0.1, 0.15) is 34.4 Å². The molecule has 0 aliphatic heterocycles. The topological polar surface area (TPSA) is 152 Å². The first-order valence-corrected chi connectivity index (χ1v) is 11.5. The molecule has 0 bridgehead atoms. The molecule has 4 rings (SSSR count). The van der Waals surface area contributed by atoms with Crippen LogP contribution in [0.2, 0.25) is 0 Å². The summed E-state index contributed by atoms with van der Waals surface area (Å²) < 4.78 is 21.6. The van der Waals surface area contributed by atoms with Gasteiger partial charge in [-0.25, -0.2) is 15.2 Å². The van der Waals surface area contributed by atoms with Crippen LogP contribution in [0.25, 0.3) is 11.3 Å². The van der Waals surface area contributed by atoms with Crippen molar-refractivity contribution in [1.29, 1.82) is 5.26 Å². The number of ether oxygens (including phenoxy) is 3. The average molecular weight is 514 g/mol. The average Bonchev–Trinajstić information content (AvgIpc) is 3.42. The number of anilines is 1. The van der Waals surface area contributed by atoms with E-state index < -0.39 is 11.5 Å². The number of carbonyl (C=O) groups is 1. The molecule has 0 unspecified atom stereocenters. The monoisotopic (exact) mass is 513 g/mol. The zero-order valence-electron chi connectivity index (χ0n) is 20.6. The number of hydrogen-bond donors (Lipinski definition) is 2. The van der Waals surface area contributed by atoms with Crippen molar-refractivity contribution in [3.63, 3.8) is 0 Å². The molecule has 0 radical (unpaired) electrons. The fraction of sp³-hybridized carbons (Fsp3) is 0.148. The number of rotatable bonds is 10. The summed E-state index contributed by atoms with van der Waals surface area (Å²) in [5.74, 6) is 0.996. The van der Waals surface area contributed by atoms with Crippen LogP contribution < -0.4 is 20.5 Å². The summed E-state index contributed by atoms with van der Waals surface area (Å²) in [6, 6.07) is 19.2. The third-order valence-electron chi connectivity index (χ3n) is 5.15. The van der Waals surface area contributed by atoms with Gasteiger partial charge in [0.05, 0.1) is 25.6 Å². The second kappa shape index (κ2) is 12.0. The Morgan fingerprint density at radius 2 is 1.97 bits per heavy atom. The van der Waals surface area contributed by atoms with Crippen molar-refractivity contribution in [1.82, 2.24) is 9.97 Å². The molecule has 38 heavy (non-hydrogen) atoms. The highest BCUT2D eigenvalue weighted by molar-refractivity contribution is 5.86. The fourth-order valence-corrected chi connectivity index (χ4v) is 3.41. The van der Waals surface area contributed by atoms with Crippen LogP contribution >= 0.6 is 0 Å². The zero-order valence-corrected chi connectivity index (χ0v) is 20.6. The highest BCUT2D eigenvalue weighted by atomic mass is 16.5. The number of methoxy groups -OCH3 is 1. The molecule has 2 aromatic heterocycles. The van der Waals surface area contributed by atoms with Crippen LogP contribution in [0.3, 0.4) is 0 Å². The lowest BCUT2D eigenvalue weighted by Crippen LogP contribution is -2.16. The highest BCUT2D eigenvalue weighted by Crippen LogP contribution is 2.29. The van der Waals surface area contributed by atoms with Crippen LogP contribution in [0.4, 0.5) is 5.95 Å². The van der Waals surface area contributed by atoms with E-state index in [4.69, 9.17) is 13.9 Å². The number of nitrogens with zero attached hydrogens (tertiary/aromatic N) is 3. The van der Waals surface area contributed by atoms with Crippen LogP contribution in [0.15, 0.2) is 75.0 Å². The van der Waals surface area contributed by atoms with Gasteiger partial charge in [-0.1, -0.05) is 30.3 Å². The van der Waals surface area contributed by atoms with Crippen LogP contribution in [0, 0.1) is 11.3 Å². The fourth-order valence-electron chi connectivity index (χ4n) is 3.41. The maximum atomic E-state index is 12.4. The van der Waals surface area contributed by atoms with Gasteiger partial charge in [0.1, 0.15) is 24.0 Å². The molecule has 4 aromatic rings. The minimum absolute atomic E-state index is 0.0769. The summed E-state index contributed by atoms with van der Waals surface area (Å²) >= 11 is 0. The molecule has 0 saturated carbocycles. The standard InChI is InChI=1S/C27H23N5O6/c1-3-36-23-13-17(9-11-21(23)37-16-19-10-12-22(38-19)26(34)35-2)15-29-32-27-30-24(18-7-5-4-6-8-18)20(14-28)25(33)31-27/h4-13,15H,3,16H2,1-2H3,(H2,30,31,32,33). The van der Waals surface area contributed by atoms with Crippen LogP contribution in [-0.2, 0) is 11.3 Å². The molecule has 0 atom stereocenters. The number of furan rings is 1. The molecule has 2 aromatic carbocycles. The molecule has 11 nitrogen and oxygen atoms in total. The Morgan fingerprint density at radius 3 is 2.71 bits per heavy atom. The number of hydrazone groups is 1. The van der Waals surface area contributed by atoms with Gasteiger partial charge in [0.25, 0.3) is 5.56 Å². The van der Waals surface area contributed by atoms with E-state index in [1.807, 2.05) is 19.1 Å². The van der Waals surface area contributed by atoms with E-state index in [0.717, 1.165) is 0 Å². The van der Waals surface area contributed by atoms with E-state index in [-0.39, 0.29) is 29.6 Å². The molecule has 0 saturated heterocycles. The van der Waals surface area contributed by atoms with Crippen molar-refractivity contribution in [2.24, 2.45) is 5.10 Å². The normalized spacial score (nSPS) is 10.7. The summed E-state index contributed by atoms with van der Waals surface area (Å²) in [6.45, 7) is 2.33. The predicted octanol–water partition coefficient (Wildman–Crippen LogP) is 4.11. The molecule has 2 N–H and O–H groups in total. The van der Waals surface area contributed by atoms with Gasteiger partial charge in [-0.3, -0.25) is 9.78 Å². The van der Waals surface area contributed by atoms with Crippen LogP contribution in [-0.4, -0.2) is 35.9 Å². The number of carbonyl (C=O) groups excluding carboxylic acids is 1. The lowest BCUT2D eigenvalue weighted by molar-refractivity contribution is 0.0561. The van der Waals surface area contributed by atoms with Gasteiger partial charge in [0, 0.05) is 5.56 Å². The van der Waals surface area contributed by atoms with Gasteiger partial charge in [-0.2, -0.15) is 10.4 Å². The SMILES string of the molecule is CCOc1cc(C=NNc2nc(-c3ccccc3)c(C#N)c(=O)[nH]2)ccc1OCc1ccc(C(=O)OC)o1. The Kier molecular flexibility index (Phi) is 8.15. The van der Waals surface area contributed by atoms with Crippen molar-refractivity contribution < 1.29 is 23.4 Å². The molecular weight excluding hydrogens is 490 g/mol. The molecule has 0 aliphatic rings. The smallest absolute Gasteiger partial charge is 0.373 e. The molecule has 0 spiro atoms. The third kappa shape index (κ3) is 6.06. The summed E-state index contributed by atoms with van der Waals surface area (Å²) in [6.07, 6.45) is 1.52. The Labute approximate surface area is 217 Å². The van der Waals surface area contributed by atoms with E-state index in [0.29, 0.717) is 35.0 Å².